The first kappa shape index (κ1) is 22.2. The maximum absolute atomic E-state index is 13.0. The molecule has 0 atom stereocenters. The summed E-state index contributed by atoms with van der Waals surface area (Å²) >= 11 is 0. The fraction of sp³-hybridized carbons (Fsp3) is 0.130. The van der Waals surface area contributed by atoms with E-state index in [0.717, 1.165) is 12.1 Å². The first-order valence-corrected chi connectivity index (χ1v) is 10.4. The number of nitrogens with zero attached hydrogens (tertiary/aromatic N) is 7. The van der Waals surface area contributed by atoms with E-state index in [9.17, 15) is 18.0 Å². The first-order chi connectivity index (χ1) is 16.8. The number of anilines is 1. The molecule has 0 fully saturated rings. The lowest BCUT2D eigenvalue weighted by atomic mass is 10.2. The third kappa shape index (κ3) is 4.33. The second-order valence-corrected chi connectivity index (χ2v) is 7.52. The summed E-state index contributed by atoms with van der Waals surface area (Å²) in [4.78, 5) is 30.0. The highest BCUT2D eigenvalue weighted by molar-refractivity contribution is 5.88. The lowest BCUT2D eigenvalue weighted by Gasteiger charge is -2.08. The molecule has 1 N–H and O–H groups in total. The standard InChI is InChI=1S/C23H17F3N8O/c1-27-17-6-8-28-18(31-17)13-33-11-7-14(12-19(33)35)20-21-22(30-10-9-29-21)34(32-20)16-4-2-15(3-5-16)23(24,25)26/h2-12H,13H2,1H3,(H,27,28,31). The quantitative estimate of drug-likeness (QED) is 0.412. The summed E-state index contributed by atoms with van der Waals surface area (Å²) in [5.41, 5.74) is 0.944. The molecule has 1 aromatic carbocycles. The number of hydrogen-bond donors (Lipinski definition) is 1. The van der Waals surface area contributed by atoms with E-state index < -0.39 is 11.7 Å². The molecule has 12 heteroatoms. The van der Waals surface area contributed by atoms with Crippen LogP contribution >= 0.6 is 0 Å². The zero-order valence-electron chi connectivity index (χ0n) is 18.2. The van der Waals surface area contributed by atoms with Gasteiger partial charge in [-0.1, -0.05) is 0 Å². The zero-order valence-corrected chi connectivity index (χ0v) is 18.2. The number of alkyl halides is 3. The van der Waals surface area contributed by atoms with Crippen molar-refractivity contribution in [1.82, 2.24) is 34.3 Å². The van der Waals surface area contributed by atoms with Gasteiger partial charge in [0, 0.05) is 43.5 Å². The lowest BCUT2D eigenvalue weighted by molar-refractivity contribution is -0.137. The smallest absolute Gasteiger partial charge is 0.373 e. The van der Waals surface area contributed by atoms with Crippen LogP contribution in [-0.4, -0.2) is 41.3 Å². The fourth-order valence-electron chi connectivity index (χ4n) is 3.57. The van der Waals surface area contributed by atoms with Gasteiger partial charge in [0.2, 0.25) is 0 Å². The lowest BCUT2D eigenvalue weighted by Crippen LogP contribution is -2.20. The molecule has 4 aromatic heterocycles. The normalized spacial score (nSPS) is 11.7. The van der Waals surface area contributed by atoms with Gasteiger partial charge in [-0.05, 0) is 36.4 Å². The number of fused-ring (bicyclic) bond motifs is 1. The predicted molar refractivity (Wildman–Crippen MR) is 122 cm³/mol. The number of nitrogens with one attached hydrogen (secondary N) is 1. The van der Waals surface area contributed by atoms with Crippen LogP contribution in [0.15, 0.2) is 72.0 Å². The van der Waals surface area contributed by atoms with Crippen LogP contribution < -0.4 is 10.9 Å². The number of benzene rings is 1. The molecule has 0 aliphatic rings. The van der Waals surface area contributed by atoms with Crippen molar-refractivity contribution in [1.29, 1.82) is 0 Å². The Bertz CT molecular complexity index is 1570. The highest BCUT2D eigenvalue weighted by atomic mass is 19.4. The van der Waals surface area contributed by atoms with Crippen LogP contribution in [0.2, 0.25) is 0 Å². The molecule has 35 heavy (non-hydrogen) atoms. The van der Waals surface area contributed by atoms with Crippen LogP contribution in [0.5, 0.6) is 0 Å². The van der Waals surface area contributed by atoms with Gasteiger partial charge in [0.15, 0.2) is 5.65 Å². The molecule has 0 amide bonds. The molecule has 0 saturated heterocycles. The molecule has 176 valence electrons. The van der Waals surface area contributed by atoms with Gasteiger partial charge >= 0.3 is 6.18 Å². The minimum absolute atomic E-state index is 0.176. The highest BCUT2D eigenvalue weighted by Crippen LogP contribution is 2.31. The molecule has 9 nitrogen and oxygen atoms in total. The van der Waals surface area contributed by atoms with Gasteiger partial charge in [-0.15, -0.1) is 0 Å². The Labute approximate surface area is 196 Å². The molecule has 4 heterocycles. The van der Waals surface area contributed by atoms with E-state index in [0.29, 0.717) is 39.8 Å². The number of pyridine rings is 1. The molecular formula is C23H17F3N8O. The molecule has 5 aromatic rings. The van der Waals surface area contributed by atoms with Gasteiger partial charge in [-0.3, -0.25) is 4.79 Å². The molecule has 0 bridgehead atoms. The molecule has 0 spiro atoms. The third-order valence-electron chi connectivity index (χ3n) is 5.29. The summed E-state index contributed by atoms with van der Waals surface area (Å²) in [7, 11) is 1.74. The second-order valence-electron chi connectivity index (χ2n) is 7.52. The Morgan fingerprint density at radius 3 is 2.46 bits per heavy atom. The van der Waals surface area contributed by atoms with Crippen molar-refractivity contribution in [2.75, 3.05) is 12.4 Å². The van der Waals surface area contributed by atoms with E-state index in [-0.39, 0.29) is 12.1 Å². The molecule has 0 radical (unpaired) electrons. The highest BCUT2D eigenvalue weighted by Gasteiger charge is 2.30. The molecule has 0 aliphatic heterocycles. The van der Waals surface area contributed by atoms with Gasteiger partial charge in [0.25, 0.3) is 5.56 Å². The minimum atomic E-state index is -4.45. The average molecular weight is 478 g/mol. The van der Waals surface area contributed by atoms with Crippen LogP contribution in [0.3, 0.4) is 0 Å². The Kier molecular flexibility index (Phi) is 5.47. The van der Waals surface area contributed by atoms with E-state index in [2.05, 4.69) is 30.4 Å². The number of hydrogen-bond acceptors (Lipinski definition) is 7. The van der Waals surface area contributed by atoms with E-state index in [4.69, 9.17) is 0 Å². The van der Waals surface area contributed by atoms with Crippen molar-refractivity contribution in [3.05, 3.63) is 89.0 Å². The topological polar surface area (TPSA) is 103 Å². The average Bonchev–Trinajstić information content (AvgIpc) is 3.25. The summed E-state index contributed by atoms with van der Waals surface area (Å²) in [6.07, 6.45) is 1.71. The maximum Gasteiger partial charge on any atom is 0.416 e. The monoisotopic (exact) mass is 478 g/mol. The van der Waals surface area contributed by atoms with E-state index >= 15 is 0 Å². The maximum atomic E-state index is 13.0. The minimum Gasteiger partial charge on any atom is -0.373 e. The Balaban J connectivity index is 1.53. The van der Waals surface area contributed by atoms with Crippen molar-refractivity contribution >= 4 is 17.0 Å². The van der Waals surface area contributed by atoms with E-state index in [1.807, 2.05) is 0 Å². The fourth-order valence-corrected chi connectivity index (χ4v) is 3.57. The van der Waals surface area contributed by atoms with E-state index in [1.165, 1.54) is 39.8 Å². The Morgan fingerprint density at radius 1 is 0.971 bits per heavy atom. The molecule has 0 saturated carbocycles. The summed E-state index contributed by atoms with van der Waals surface area (Å²) in [6, 6.07) is 9.41. The Hall–Kier alpha value is -4.61. The van der Waals surface area contributed by atoms with Crippen molar-refractivity contribution < 1.29 is 13.2 Å². The summed E-state index contributed by atoms with van der Waals surface area (Å²) in [5.74, 6) is 1.10. The van der Waals surface area contributed by atoms with Crippen molar-refractivity contribution in [3.63, 3.8) is 0 Å². The molecule has 5 rings (SSSR count). The van der Waals surface area contributed by atoms with Gasteiger partial charge in [-0.2, -0.15) is 18.3 Å². The molecule has 0 aliphatic carbocycles. The van der Waals surface area contributed by atoms with Crippen LogP contribution in [0.1, 0.15) is 11.4 Å². The first-order valence-electron chi connectivity index (χ1n) is 10.4. The van der Waals surface area contributed by atoms with Crippen LogP contribution in [0.25, 0.3) is 28.1 Å². The summed E-state index contributed by atoms with van der Waals surface area (Å²) < 4.78 is 41.7. The van der Waals surface area contributed by atoms with Crippen molar-refractivity contribution in [2.24, 2.45) is 0 Å². The third-order valence-corrected chi connectivity index (χ3v) is 5.29. The molecular weight excluding hydrogens is 461 g/mol. The van der Waals surface area contributed by atoms with Crippen molar-refractivity contribution in [2.45, 2.75) is 12.7 Å². The van der Waals surface area contributed by atoms with Gasteiger partial charge in [0.1, 0.15) is 22.9 Å². The summed E-state index contributed by atoms with van der Waals surface area (Å²) in [6.45, 7) is 0.176. The molecule has 0 unspecified atom stereocenters. The summed E-state index contributed by atoms with van der Waals surface area (Å²) in [5, 5.41) is 7.45. The second kappa shape index (κ2) is 8.63. The SMILES string of the molecule is CNc1ccnc(Cn2ccc(-c3nn(-c4ccc(C(F)(F)F)cc4)c4nccnc34)cc2=O)n1. The van der Waals surface area contributed by atoms with Gasteiger partial charge < -0.3 is 9.88 Å². The largest absolute Gasteiger partial charge is 0.416 e. The van der Waals surface area contributed by atoms with Crippen LogP contribution in [0, 0.1) is 0 Å². The number of aromatic nitrogens is 7. The number of rotatable bonds is 5. The predicted octanol–water partition coefficient (Wildman–Crippen LogP) is 3.54. The van der Waals surface area contributed by atoms with Gasteiger partial charge in [-0.25, -0.2) is 24.6 Å². The van der Waals surface area contributed by atoms with Gasteiger partial charge in [0.05, 0.1) is 17.8 Å². The van der Waals surface area contributed by atoms with Crippen LogP contribution in [0.4, 0.5) is 19.0 Å². The van der Waals surface area contributed by atoms with Crippen LogP contribution in [-0.2, 0) is 12.7 Å². The van der Waals surface area contributed by atoms with Crippen molar-refractivity contribution in [3.8, 4) is 16.9 Å². The zero-order chi connectivity index (χ0) is 24.6. The Morgan fingerprint density at radius 2 is 1.74 bits per heavy atom. The van der Waals surface area contributed by atoms with E-state index in [1.54, 1.807) is 31.6 Å². The number of halogens is 3.